The van der Waals surface area contributed by atoms with Gasteiger partial charge in [0.1, 0.15) is 6.10 Å². The summed E-state index contributed by atoms with van der Waals surface area (Å²) < 4.78 is 29.3. The number of aromatic nitrogens is 2. The minimum atomic E-state index is -0.420. The number of nitrogens with zero attached hydrogens (tertiary/aromatic N) is 2. The molecule has 1 aliphatic rings. The minimum absolute atomic E-state index is 0.0462. The molecule has 1 fully saturated rings. The number of halogens is 1. The molecule has 0 radical (unpaired) electrons. The number of nitrogens with one attached hydrogen (secondary N) is 1. The SMILES string of the molecule is Fc1ccccc1OCc1noc([C@H]2CNCCO2)n1. The van der Waals surface area contributed by atoms with Gasteiger partial charge in [0.25, 0.3) is 5.89 Å². The zero-order valence-electron chi connectivity index (χ0n) is 10.7. The van der Waals surface area contributed by atoms with Crippen LogP contribution in [-0.4, -0.2) is 29.8 Å². The predicted molar refractivity (Wildman–Crippen MR) is 66.6 cm³/mol. The first-order valence-electron chi connectivity index (χ1n) is 6.35. The summed E-state index contributed by atoms with van der Waals surface area (Å²) in [7, 11) is 0. The number of morpholine rings is 1. The third-order valence-corrected chi connectivity index (χ3v) is 2.88. The van der Waals surface area contributed by atoms with Crippen molar-refractivity contribution in [2.24, 2.45) is 0 Å². The molecule has 1 atom stereocenters. The average molecular weight is 279 g/mol. The molecule has 106 valence electrons. The van der Waals surface area contributed by atoms with Crippen LogP contribution in [0.1, 0.15) is 17.8 Å². The van der Waals surface area contributed by atoms with Gasteiger partial charge < -0.3 is 19.3 Å². The second-order valence-electron chi connectivity index (χ2n) is 4.33. The van der Waals surface area contributed by atoms with E-state index in [9.17, 15) is 4.39 Å². The number of para-hydroxylation sites is 1. The molecule has 1 N–H and O–H groups in total. The second kappa shape index (κ2) is 5.98. The summed E-state index contributed by atoms with van der Waals surface area (Å²) in [6, 6.07) is 6.17. The first-order chi connectivity index (χ1) is 9.83. The van der Waals surface area contributed by atoms with Crippen molar-refractivity contribution in [2.45, 2.75) is 12.7 Å². The molecule has 20 heavy (non-hydrogen) atoms. The van der Waals surface area contributed by atoms with E-state index in [1.54, 1.807) is 18.2 Å². The van der Waals surface area contributed by atoms with Gasteiger partial charge in [-0.3, -0.25) is 0 Å². The molecular weight excluding hydrogens is 265 g/mol. The van der Waals surface area contributed by atoms with Crippen LogP contribution in [0, 0.1) is 5.82 Å². The molecule has 0 bridgehead atoms. The Morgan fingerprint density at radius 2 is 2.30 bits per heavy atom. The molecule has 2 aromatic rings. The second-order valence-corrected chi connectivity index (χ2v) is 4.33. The van der Waals surface area contributed by atoms with Crippen molar-refractivity contribution in [3.8, 4) is 5.75 Å². The van der Waals surface area contributed by atoms with E-state index >= 15 is 0 Å². The molecule has 1 aromatic heterocycles. The summed E-state index contributed by atoms with van der Waals surface area (Å²) in [4.78, 5) is 4.19. The monoisotopic (exact) mass is 279 g/mol. The van der Waals surface area contributed by atoms with E-state index in [0.29, 0.717) is 24.9 Å². The molecule has 3 rings (SSSR count). The summed E-state index contributed by atoms with van der Waals surface area (Å²) in [5.74, 6) is 0.507. The van der Waals surface area contributed by atoms with E-state index in [-0.39, 0.29) is 18.5 Å². The van der Waals surface area contributed by atoms with Crippen molar-refractivity contribution < 1.29 is 18.4 Å². The number of benzene rings is 1. The maximum absolute atomic E-state index is 13.4. The van der Waals surface area contributed by atoms with Crippen LogP contribution in [-0.2, 0) is 11.3 Å². The molecule has 7 heteroatoms. The van der Waals surface area contributed by atoms with Gasteiger partial charge in [-0.2, -0.15) is 4.98 Å². The van der Waals surface area contributed by atoms with Gasteiger partial charge in [-0.15, -0.1) is 0 Å². The predicted octanol–water partition coefficient (Wildman–Crippen LogP) is 1.45. The molecule has 6 nitrogen and oxygen atoms in total. The van der Waals surface area contributed by atoms with E-state index in [1.165, 1.54) is 6.07 Å². The molecule has 0 aliphatic carbocycles. The molecule has 0 unspecified atom stereocenters. The number of hydrogen-bond acceptors (Lipinski definition) is 6. The Morgan fingerprint density at radius 1 is 1.40 bits per heavy atom. The highest BCUT2D eigenvalue weighted by Gasteiger charge is 2.22. The lowest BCUT2D eigenvalue weighted by Gasteiger charge is -2.19. The van der Waals surface area contributed by atoms with Crippen molar-refractivity contribution in [3.05, 3.63) is 41.8 Å². The Morgan fingerprint density at radius 3 is 3.10 bits per heavy atom. The first kappa shape index (κ1) is 13.0. The quantitative estimate of drug-likeness (QED) is 0.913. The summed E-state index contributed by atoms with van der Waals surface area (Å²) >= 11 is 0. The van der Waals surface area contributed by atoms with Crippen molar-refractivity contribution >= 4 is 0 Å². The molecule has 1 saturated heterocycles. The van der Waals surface area contributed by atoms with Crippen LogP contribution < -0.4 is 10.1 Å². The maximum Gasteiger partial charge on any atom is 0.257 e. The number of hydrogen-bond donors (Lipinski definition) is 1. The van der Waals surface area contributed by atoms with Gasteiger partial charge in [0.05, 0.1) is 6.61 Å². The van der Waals surface area contributed by atoms with E-state index in [1.807, 2.05) is 0 Å². The van der Waals surface area contributed by atoms with Crippen molar-refractivity contribution in [3.63, 3.8) is 0 Å². The molecule has 0 spiro atoms. The molecule has 0 amide bonds. The van der Waals surface area contributed by atoms with Gasteiger partial charge in [-0.25, -0.2) is 4.39 Å². The average Bonchev–Trinajstić information content (AvgIpc) is 2.96. The van der Waals surface area contributed by atoms with Crippen molar-refractivity contribution in [2.75, 3.05) is 19.7 Å². The first-order valence-corrected chi connectivity index (χ1v) is 6.35. The van der Waals surface area contributed by atoms with Gasteiger partial charge in [0, 0.05) is 13.1 Å². The fourth-order valence-electron chi connectivity index (χ4n) is 1.89. The lowest BCUT2D eigenvalue weighted by atomic mass is 10.3. The largest absolute Gasteiger partial charge is 0.482 e. The topological polar surface area (TPSA) is 69.4 Å². The van der Waals surface area contributed by atoms with E-state index in [2.05, 4.69) is 15.5 Å². The van der Waals surface area contributed by atoms with E-state index in [0.717, 1.165) is 6.54 Å². The fraction of sp³-hybridized carbons (Fsp3) is 0.385. The highest BCUT2D eigenvalue weighted by atomic mass is 19.1. The number of rotatable bonds is 4. The third-order valence-electron chi connectivity index (χ3n) is 2.88. The zero-order valence-corrected chi connectivity index (χ0v) is 10.7. The van der Waals surface area contributed by atoms with Crippen LogP contribution in [0.15, 0.2) is 28.8 Å². The Labute approximate surface area is 114 Å². The van der Waals surface area contributed by atoms with Crippen molar-refractivity contribution in [1.82, 2.24) is 15.5 Å². The molecule has 1 aliphatic heterocycles. The lowest BCUT2D eigenvalue weighted by Crippen LogP contribution is -2.33. The zero-order chi connectivity index (χ0) is 13.8. The Hall–Kier alpha value is -1.99. The van der Waals surface area contributed by atoms with Crippen LogP contribution >= 0.6 is 0 Å². The fourth-order valence-corrected chi connectivity index (χ4v) is 1.89. The van der Waals surface area contributed by atoms with Crippen LogP contribution in [0.5, 0.6) is 5.75 Å². The van der Waals surface area contributed by atoms with E-state index in [4.69, 9.17) is 14.0 Å². The molecule has 0 saturated carbocycles. The summed E-state index contributed by atoms with van der Waals surface area (Å²) in [6.07, 6.45) is -0.238. The van der Waals surface area contributed by atoms with Crippen LogP contribution in [0.25, 0.3) is 0 Å². The standard InChI is InChI=1S/C13H14FN3O3/c14-9-3-1-2-4-10(9)19-8-12-16-13(20-17-12)11-7-15-5-6-18-11/h1-4,11,15H,5-8H2/t11-/m1/s1. The Balaban J connectivity index is 1.61. The summed E-state index contributed by atoms with van der Waals surface area (Å²) in [6.45, 7) is 2.10. The maximum atomic E-state index is 13.4. The third kappa shape index (κ3) is 2.94. The summed E-state index contributed by atoms with van der Waals surface area (Å²) in [5.41, 5.74) is 0. The van der Waals surface area contributed by atoms with Crippen LogP contribution in [0.4, 0.5) is 4.39 Å². The normalized spacial score (nSPS) is 18.9. The van der Waals surface area contributed by atoms with Gasteiger partial charge in [0.15, 0.2) is 18.2 Å². The Kier molecular flexibility index (Phi) is 3.89. The van der Waals surface area contributed by atoms with Crippen molar-refractivity contribution in [1.29, 1.82) is 0 Å². The highest BCUT2D eigenvalue weighted by molar-refractivity contribution is 5.23. The molecular formula is C13H14FN3O3. The van der Waals surface area contributed by atoms with E-state index < -0.39 is 5.82 Å². The number of ether oxygens (including phenoxy) is 2. The van der Waals surface area contributed by atoms with Gasteiger partial charge >= 0.3 is 0 Å². The van der Waals surface area contributed by atoms with Gasteiger partial charge in [0.2, 0.25) is 5.82 Å². The Bertz CT molecular complexity index is 569. The smallest absolute Gasteiger partial charge is 0.257 e. The summed E-state index contributed by atoms with van der Waals surface area (Å²) in [5, 5.41) is 6.97. The van der Waals surface area contributed by atoms with Gasteiger partial charge in [-0.1, -0.05) is 17.3 Å². The van der Waals surface area contributed by atoms with Crippen LogP contribution in [0.2, 0.25) is 0 Å². The van der Waals surface area contributed by atoms with Crippen LogP contribution in [0.3, 0.4) is 0 Å². The molecule has 1 aromatic carbocycles. The minimum Gasteiger partial charge on any atom is -0.482 e. The highest BCUT2D eigenvalue weighted by Crippen LogP contribution is 2.19. The lowest BCUT2D eigenvalue weighted by molar-refractivity contribution is 0.00755. The molecule has 2 heterocycles. The van der Waals surface area contributed by atoms with Gasteiger partial charge in [-0.05, 0) is 12.1 Å².